The molecule has 1 unspecified atom stereocenters. The van der Waals surface area contributed by atoms with Crippen LogP contribution in [0.4, 0.5) is 0 Å². The molecule has 1 atom stereocenters. The zero-order chi connectivity index (χ0) is 10.9. The molecule has 0 aliphatic carbocycles. The lowest BCUT2D eigenvalue weighted by Crippen LogP contribution is -2.43. The number of rotatable bonds is 4. The Morgan fingerprint density at radius 3 is 3.13 bits per heavy atom. The largest absolute Gasteiger partial charge is 0.355 e. The van der Waals surface area contributed by atoms with Gasteiger partial charge in [0.1, 0.15) is 0 Å². The Morgan fingerprint density at radius 1 is 1.47 bits per heavy atom. The maximum Gasteiger partial charge on any atom is 0.237 e. The average molecular weight is 209 g/mol. The quantitative estimate of drug-likeness (QED) is 0.677. The van der Waals surface area contributed by atoms with Crippen molar-refractivity contribution < 1.29 is 4.79 Å². The standard InChI is InChI=1S/C11H19N3O/c12-7-3-5-9-14-11(15)10-6-2-1-4-8-13-10/h10,13H,1-6,8-9H2,(H,14,15). The number of amides is 1. The highest BCUT2D eigenvalue weighted by atomic mass is 16.2. The van der Waals surface area contributed by atoms with E-state index in [1.165, 1.54) is 6.42 Å². The van der Waals surface area contributed by atoms with Crippen LogP contribution in [0.25, 0.3) is 0 Å². The normalized spacial score (nSPS) is 21.4. The van der Waals surface area contributed by atoms with E-state index in [0.717, 1.165) is 32.2 Å². The monoisotopic (exact) mass is 209 g/mol. The fourth-order valence-electron chi connectivity index (χ4n) is 1.75. The summed E-state index contributed by atoms with van der Waals surface area (Å²) < 4.78 is 0. The third-order valence-electron chi connectivity index (χ3n) is 2.64. The molecule has 1 fully saturated rings. The van der Waals surface area contributed by atoms with Gasteiger partial charge >= 0.3 is 0 Å². The van der Waals surface area contributed by atoms with Crippen molar-refractivity contribution in [2.24, 2.45) is 0 Å². The summed E-state index contributed by atoms with van der Waals surface area (Å²) >= 11 is 0. The Bertz CT molecular complexity index is 226. The van der Waals surface area contributed by atoms with E-state index in [1.807, 2.05) is 0 Å². The molecule has 0 aromatic heterocycles. The predicted molar refractivity (Wildman–Crippen MR) is 58.1 cm³/mol. The fourth-order valence-corrected chi connectivity index (χ4v) is 1.75. The second-order valence-electron chi connectivity index (χ2n) is 3.91. The minimum atomic E-state index is -0.0189. The molecule has 15 heavy (non-hydrogen) atoms. The minimum Gasteiger partial charge on any atom is -0.355 e. The molecule has 0 spiro atoms. The minimum absolute atomic E-state index is 0.0189. The molecule has 1 saturated heterocycles. The van der Waals surface area contributed by atoms with Crippen molar-refractivity contribution in [1.29, 1.82) is 5.26 Å². The Labute approximate surface area is 91.0 Å². The number of nitrogens with one attached hydrogen (secondary N) is 2. The summed E-state index contributed by atoms with van der Waals surface area (Å²) in [4.78, 5) is 11.7. The topological polar surface area (TPSA) is 64.9 Å². The van der Waals surface area contributed by atoms with E-state index in [4.69, 9.17) is 5.26 Å². The van der Waals surface area contributed by atoms with Gasteiger partial charge in [-0.05, 0) is 25.8 Å². The van der Waals surface area contributed by atoms with E-state index in [1.54, 1.807) is 0 Å². The van der Waals surface area contributed by atoms with Crippen molar-refractivity contribution in [3.05, 3.63) is 0 Å². The van der Waals surface area contributed by atoms with Gasteiger partial charge < -0.3 is 10.6 Å². The van der Waals surface area contributed by atoms with Crippen molar-refractivity contribution in [3.63, 3.8) is 0 Å². The maximum atomic E-state index is 11.7. The van der Waals surface area contributed by atoms with Crippen molar-refractivity contribution in [2.45, 2.75) is 44.6 Å². The van der Waals surface area contributed by atoms with Crippen LogP contribution in [-0.2, 0) is 4.79 Å². The van der Waals surface area contributed by atoms with Gasteiger partial charge in [0.2, 0.25) is 5.91 Å². The molecule has 4 nitrogen and oxygen atoms in total. The van der Waals surface area contributed by atoms with Crippen LogP contribution < -0.4 is 10.6 Å². The van der Waals surface area contributed by atoms with Gasteiger partial charge in [0.05, 0.1) is 12.1 Å². The van der Waals surface area contributed by atoms with E-state index < -0.39 is 0 Å². The van der Waals surface area contributed by atoms with Gasteiger partial charge in [-0.25, -0.2) is 0 Å². The molecule has 1 rings (SSSR count). The van der Waals surface area contributed by atoms with Crippen molar-refractivity contribution in [1.82, 2.24) is 10.6 Å². The highest BCUT2D eigenvalue weighted by Crippen LogP contribution is 2.08. The summed E-state index contributed by atoms with van der Waals surface area (Å²) in [5, 5.41) is 14.4. The first-order valence-corrected chi connectivity index (χ1v) is 5.72. The summed E-state index contributed by atoms with van der Waals surface area (Å²) in [6.45, 7) is 1.56. The lowest BCUT2D eigenvalue weighted by molar-refractivity contribution is -0.123. The second kappa shape index (κ2) is 7.24. The fraction of sp³-hybridized carbons (Fsp3) is 0.818. The lowest BCUT2D eigenvalue weighted by Gasteiger charge is -2.15. The SMILES string of the molecule is N#CCCCNC(=O)C1CCCCCN1. The van der Waals surface area contributed by atoms with Gasteiger partial charge in [0.25, 0.3) is 0 Å². The van der Waals surface area contributed by atoms with Gasteiger partial charge in [0.15, 0.2) is 0 Å². The molecule has 84 valence electrons. The van der Waals surface area contributed by atoms with Gasteiger partial charge in [-0.3, -0.25) is 4.79 Å². The molecule has 4 heteroatoms. The zero-order valence-corrected chi connectivity index (χ0v) is 9.09. The van der Waals surface area contributed by atoms with Gasteiger partial charge in [0, 0.05) is 13.0 Å². The van der Waals surface area contributed by atoms with Crippen LogP contribution in [0.2, 0.25) is 0 Å². The number of hydrogen-bond donors (Lipinski definition) is 2. The van der Waals surface area contributed by atoms with Crippen molar-refractivity contribution >= 4 is 5.91 Å². The lowest BCUT2D eigenvalue weighted by atomic mass is 10.1. The summed E-state index contributed by atoms with van der Waals surface area (Å²) in [6, 6.07) is 2.05. The van der Waals surface area contributed by atoms with Gasteiger partial charge in [-0.1, -0.05) is 12.8 Å². The third kappa shape index (κ3) is 4.80. The molecule has 1 amide bonds. The second-order valence-corrected chi connectivity index (χ2v) is 3.91. The van der Waals surface area contributed by atoms with Crippen molar-refractivity contribution in [3.8, 4) is 6.07 Å². The molecular formula is C11H19N3O. The van der Waals surface area contributed by atoms with Crippen LogP contribution in [0.15, 0.2) is 0 Å². The Morgan fingerprint density at radius 2 is 2.33 bits per heavy atom. The molecular weight excluding hydrogens is 190 g/mol. The van der Waals surface area contributed by atoms with Gasteiger partial charge in [-0.2, -0.15) is 5.26 Å². The molecule has 1 heterocycles. The van der Waals surface area contributed by atoms with Crippen LogP contribution in [0, 0.1) is 11.3 Å². The molecule has 1 aliphatic rings. The van der Waals surface area contributed by atoms with Crippen LogP contribution in [0.5, 0.6) is 0 Å². The Balaban J connectivity index is 2.17. The molecule has 0 aromatic carbocycles. The van der Waals surface area contributed by atoms with Crippen LogP contribution >= 0.6 is 0 Å². The van der Waals surface area contributed by atoms with Crippen LogP contribution in [0.3, 0.4) is 0 Å². The van der Waals surface area contributed by atoms with E-state index in [9.17, 15) is 4.79 Å². The Hall–Kier alpha value is -1.08. The van der Waals surface area contributed by atoms with Crippen molar-refractivity contribution in [2.75, 3.05) is 13.1 Å². The number of unbranched alkanes of at least 4 members (excludes halogenated alkanes) is 1. The number of hydrogen-bond acceptors (Lipinski definition) is 3. The van der Waals surface area contributed by atoms with E-state index >= 15 is 0 Å². The number of carbonyl (C=O) groups is 1. The summed E-state index contributed by atoms with van der Waals surface area (Å²) in [5.41, 5.74) is 0. The molecule has 0 aromatic rings. The molecule has 0 radical (unpaired) electrons. The predicted octanol–water partition coefficient (Wildman–Crippen LogP) is 0.939. The highest BCUT2D eigenvalue weighted by Gasteiger charge is 2.18. The average Bonchev–Trinajstić information content (AvgIpc) is 2.52. The molecule has 0 bridgehead atoms. The van der Waals surface area contributed by atoms with E-state index in [2.05, 4.69) is 16.7 Å². The smallest absolute Gasteiger partial charge is 0.237 e. The first-order valence-electron chi connectivity index (χ1n) is 5.72. The van der Waals surface area contributed by atoms with E-state index in [-0.39, 0.29) is 11.9 Å². The first-order chi connectivity index (χ1) is 7.34. The van der Waals surface area contributed by atoms with Gasteiger partial charge in [-0.15, -0.1) is 0 Å². The van der Waals surface area contributed by atoms with Crippen LogP contribution in [-0.4, -0.2) is 25.0 Å². The summed E-state index contributed by atoms with van der Waals surface area (Å²) in [5.74, 6) is 0.0924. The summed E-state index contributed by atoms with van der Waals surface area (Å²) in [7, 11) is 0. The summed E-state index contributed by atoms with van der Waals surface area (Å²) in [6.07, 6.45) is 5.70. The first kappa shape index (κ1) is 12.0. The van der Waals surface area contributed by atoms with E-state index in [0.29, 0.717) is 13.0 Å². The molecule has 1 aliphatic heterocycles. The number of nitrogens with zero attached hydrogens (tertiary/aromatic N) is 1. The third-order valence-corrected chi connectivity index (χ3v) is 2.64. The maximum absolute atomic E-state index is 11.7. The number of carbonyl (C=O) groups excluding carboxylic acids is 1. The molecule has 2 N–H and O–H groups in total. The zero-order valence-electron chi connectivity index (χ0n) is 9.09. The van der Waals surface area contributed by atoms with Crippen LogP contribution in [0.1, 0.15) is 38.5 Å². The Kier molecular flexibility index (Phi) is 5.79. The molecule has 0 saturated carbocycles. The highest BCUT2D eigenvalue weighted by molar-refractivity contribution is 5.81. The number of nitriles is 1.